The van der Waals surface area contributed by atoms with Crippen molar-refractivity contribution in [1.29, 1.82) is 0 Å². The first-order valence-electron chi connectivity index (χ1n) is 6.13. The number of carbonyl (C=O) groups is 1. The van der Waals surface area contributed by atoms with Gasteiger partial charge in [-0.2, -0.15) is 0 Å². The van der Waals surface area contributed by atoms with Crippen LogP contribution in [0.5, 0.6) is 0 Å². The molecule has 0 fully saturated rings. The minimum absolute atomic E-state index is 0.0265. The first kappa shape index (κ1) is 15.4. The van der Waals surface area contributed by atoms with Crippen molar-refractivity contribution in [1.82, 2.24) is 5.32 Å². The topological polar surface area (TPSA) is 55.1 Å². The molecule has 3 N–H and O–H groups in total. The van der Waals surface area contributed by atoms with E-state index in [9.17, 15) is 4.79 Å². The van der Waals surface area contributed by atoms with E-state index in [2.05, 4.69) is 41.8 Å². The maximum absolute atomic E-state index is 12.0. The Hall–Kier alpha value is -0.620. The predicted octanol–water partition coefficient (Wildman–Crippen LogP) is 2.32. The third-order valence-corrected chi connectivity index (χ3v) is 4.05. The van der Waals surface area contributed by atoms with Crippen LogP contribution in [0.4, 0.5) is 0 Å². The van der Waals surface area contributed by atoms with E-state index < -0.39 is 0 Å². The van der Waals surface area contributed by atoms with Gasteiger partial charge < -0.3 is 11.1 Å². The zero-order valence-corrected chi connectivity index (χ0v) is 13.3. The van der Waals surface area contributed by atoms with Gasteiger partial charge in [-0.15, -0.1) is 0 Å². The lowest BCUT2D eigenvalue weighted by molar-refractivity contribution is -0.122. The largest absolute Gasteiger partial charge is 0.349 e. The summed E-state index contributed by atoms with van der Waals surface area (Å²) < 4.78 is 1.14. The Morgan fingerprint density at radius 2 is 2.17 bits per heavy atom. The van der Waals surface area contributed by atoms with Crippen LogP contribution in [0.1, 0.15) is 26.3 Å². The molecule has 0 spiro atoms. The van der Waals surface area contributed by atoms with E-state index in [1.165, 1.54) is 0 Å². The summed E-state index contributed by atoms with van der Waals surface area (Å²) in [6.07, 6.45) is 0.402. The molecule has 0 bridgehead atoms. The van der Waals surface area contributed by atoms with Crippen LogP contribution in [0.15, 0.2) is 24.3 Å². The molecule has 100 valence electrons. The van der Waals surface area contributed by atoms with Crippen molar-refractivity contribution in [2.75, 3.05) is 6.54 Å². The van der Waals surface area contributed by atoms with E-state index in [-0.39, 0.29) is 11.4 Å². The lowest BCUT2D eigenvalue weighted by Gasteiger charge is -2.33. The van der Waals surface area contributed by atoms with Crippen molar-refractivity contribution in [3.8, 4) is 0 Å². The molecule has 1 aromatic carbocycles. The van der Waals surface area contributed by atoms with Gasteiger partial charge in [-0.05, 0) is 53.1 Å². The number of carbonyl (C=O) groups excluding carboxylic acids is 1. The Balaban J connectivity index is 2.67. The standard InChI is InChI=1S/C14H21IN2O/c1-10(2)14(3,9-16)17-13(18)8-11-5-4-6-12(15)7-11/h4-7,10H,8-9,16H2,1-3H3,(H,17,18). The summed E-state index contributed by atoms with van der Waals surface area (Å²) in [6.45, 7) is 6.57. The zero-order valence-electron chi connectivity index (χ0n) is 11.2. The summed E-state index contributed by atoms with van der Waals surface area (Å²) in [5.41, 5.74) is 6.45. The monoisotopic (exact) mass is 360 g/mol. The second-order valence-corrected chi connectivity index (χ2v) is 6.38. The summed E-state index contributed by atoms with van der Waals surface area (Å²) in [5, 5.41) is 3.04. The van der Waals surface area contributed by atoms with Crippen LogP contribution in [0, 0.1) is 9.49 Å². The molecule has 0 aliphatic carbocycles. The second kappa shape index (κ2) is 6.52. The van der Waals surface area contributed by atoms with Gasteiger partial charge in [0.2, 0.25) is 5.91 Å². The van der Waals surface area contributed by atoms with Gasteiger partial charge in [-0.25, -0.2) is 0 Å². The number of nitrogens with two attached hydrogens (primary N) is 1. The van der Waals surface area contributed by atoms with Gasteiger partial charge in [0.1, 0.15) is 0 Å². The molecule has 4 heteroatoms. The van der Waals surface area contributed by atoms with Crippen molar-refractivity contribution >= 4 is 28.5 Å². The highest BCUT2D eigenvalue weighted by Gasteiger charge is 2.28. The average Bonchev–Trinajstić information content (AvgIpc) is 2.28. The number of rotatable bonds is 5. The fourth-order valence-corrected chi connectivity index (χ4v) is 2.23. The molecule has 3 nitrogen and oxygen atoms in total. The number of hydrogen-bond donors (Lipinski definition) is 2. The fourth-order valence-electron chi connectivity index (χ4n) is 1.63. The first-order chi connectivity index (χ1) is 8.37. The lowest BCUT2D eigenvalue weighted by Crippen LogP contribution is -2.55. The average molecular weight is 360 g/mol. The van der Waals surface area contributed by atoms with E-state index in [0.29, 0.717) is 18.9 Å². The van der Waals surface area contributed by atoms with Crippen molar-refractivity contribution in [3.05, 3.63) is 33.4 Å². The summed E-state index contributed by atoms with van der Waals surface area (Å²) in [7, 11) is 0. The van der Waals surface area contributed by atoms with Crippen LogP contribution in [-0.4, -0.2) is 18.0 Å². The summed E-state index contributed by atoms with van der Waals surface area (Å²) in [4.78, 5) is 12.0. The van der Waals surface area contributed by atoms with Crippen LogP contribution in [0.3, 0.4) is 0 Å². The van der Waals surface area contributed by atoms with Gasteiger partial charge in [0.25, 0.3) is 0 Å². The Morgan fingerprint density at radius 3 is 2.67 bits per heavy atom. The van der Waals surface area contributed by atoms with Crippen LogP contribution in [0.2, 0.25) is 0 Å². The Morgan fingerprint density at radius 1 is 1.50 bits per heavy atom. The Bertz CT molecular complexity index is 420. The quantitative estimate of drug-likeness (QED) is 0.792. The van der Waals surface area contributed by atoms with Crippen LogP contribution in [0.25, 0.3) is 0 Å². The Labute approximate surface area is 123 Å². The SMILES string of the molecule is CC(C)C(C)(CN)NC(=O)Cc1cccc(I)c1. The molecule has 1 atom stereocenters. The lowest BCUT2D eigenvalue weighted by atomic mass is 9.88. The van der Waals surface area contributed by atoms with Crippen molar-refractivity contribution in [3.63, 3.8) is 0 Å². The van der Waals surface area contributed by atoms with E-state index in [0.717, 1.165) is 9.13 Å². The van der Waals surface area contributed by atoms with Crippen molar-refractivity contribution in [2.45, 2.75) is 32.7 Å². The molecular formula is C14H21IN2O. The van der Waals surface area contributed by atoms with Gasteiger partial charge in [0.15, 0.2) is 0 Å². The number of nitrogens with one attached hydrogen (secondary N) is 1. The van der Waals surface area contributed by atoms with Crippen LogP contribution >= 0.6 is 22.6 Å². The van der Waals surface area contributed by atoms with Crippen LogP contribution < -0.4 is 11.1 Å². The maximum Gasteiger partial charge on any atom is 0.224 e. The van der Waals surface area contributed by atoms with Crippen molar-refractivity contribution < 1.29 is 4.79 Å². The Kier molecular flexibility index (Phi) is 5.59. The van der Waals surface area contributed by atoms with E-state index in [4.69, 9.17) is 5.73 Å². The smallest absolute Gasteiger partial charge is 0.224 e. The molecule has 0 radical (unpaired) electrons. The predicted molar refractivity (Wildman–Crippen MR) is 83.3 cm³/mol. The molecule has 0 aromatic heterocycles. The van der Waals surface area contributed by atoms with Crippen LogP contribution in [-0.2, 0) is 11.2 Å². The summed E-state index contributed by atoms with van der Waals surface area (Å²) in [6, 6.07) is 7.97. The first-order valence-corrected chi connectivity index (χ1v) is 7.21. The second-order valence-electron chi connectivity index (χ2n) is 5.13. The van der Waals surface area contributed by atoms with Crippen molar-refractivity contribution in [2.24, 2.45) is 11.7 Å². The molecule has 1 amide bonds. The molecular weight excluding hydrogens is 339 g/mol. The highest BCUT2D eigenvalue weighted by molar-refractivity contribution is 14.1. The third-order valence-electron chi connectivity index (χ3n) is 3.38. The number of halogens is 1. The number of hydrogen-bond acceptors (Lipinski definition) is 2. The molecule has 0 aliphatic heterocycles. The number of amides is 1. The van der Waals surface area contributed by atoms with E-state index >= 15 is 0 Å². The van der Waals surface area contributed by atoms with Gasteiger partial charge in [0, 0.05) is 10.1 Å². The highest BCUT2D eigenvalue weighted by Crippen LogP contribution is 2.15. The molecule has 0 heterocycles. The normalized spacial score (nSPS) is 14.3. The third kappa shape index (κ3) is 4.24. The summed E-state index contributed by atoms with van der Waals surface area (Å²) >= 11 is 2.25. The zero-order chi connectivity index (χ0) is 13.8. The molecule has 0 saturated carbocycles. The van der Waals surface area contributed by atoms with Gasteiger partial charge in [0.05, 0.1) is 12.0 Å². The maximum atomic E-state index is 12.0. The van der Waals surface area contributed by atoms with Gasteiger partial charge in [-0.1, -0.05) is 26.0 Å². The molecule has 1 aromatic rings. The van der Waals surface area contributed by atoms with Gasteiger partial charge >= 0.3 is 0 Å². The highest BCUT2D eigenvalue weighted by atomic mass is 127. The molecule has 1 unspecified atom stereocenters. The van der Waals surface area contributed by atoms with E-state index in [1.807, 2.05) is 31.2 Å². The fraction of sp³-hybridized carbons (Fsp3) is 0.500. The molecule has 0 saturated heterocycles. The number of benzene rings is 1. The minimum Gasteiger partial charge on any atom is -0.349 e. The minimum atomic E-state index is -0.334. The summed E-state index contributed by atoms with van der Waals surface area (Å²) in [5.74, 6) is 0.334. The van der Waals surface area contributed by atoms with Gasteiger partial charge in [-0.3, -0.25) is 4.79 Å². The molecule has 18 heavy (non-hydrogen) atoms. The molecule has 0 aliphatic rings. The van der Waals surface area contributed by atoms with E-state index in [1.54, 1.807) is 0 Å². The molecule has 1 rings (SSSR count).